The molecule has 0 saturated heterocycles. The molecule has 1 amide bonds. The van der Waals surface area contributed by atoms with E-state index in [1.165, 1.54) is 0 Å². The van der Waals surface area contributed by atoms with Crippen LogP contribution in [0.3, 0.4) is 0 Å². The number of ether oxygens (including phenoxy) is 2. The number of nitriles is 1. The summed E-state index contributed by atoms with van der Waals surface area (Å²) < 4.78 is 10.9. The summed E-state index contributed by atoms with van der Waals surface area (Å²) in [6.07, 6.45) is 0. The Kier molecular flexibility index (Phi) is 7.68. The molecule has 0 saturated carbocycles. The first-order valence-corrected chi connectivity index (χ1v) is 9.27. The molecule has 2 aromatic rings. The van der Waals surface area contributed by atoms with Gasteiger partial charge in [-0.1, -0.05) is 17.7 Å². The lowest BCUT2D eigenvalue weighted by Gasteiger charge is -2.24. The third-order valence-corrected chi connectivity index (χ3v) is 4.67. The average Bonchev–Trinajstić information content (AvgIpc) is 2.68. The molecule has 0 bridgehead atoms. The number of halogens is 1. The molecule has 0 aliphatic carbocycles. The molecular weight excluding hydrogens is 378 g/mol. The topological polar surface area (TPSA) is 74.6 Å². The van der Waals surface area contributed by atoms with Crippen molar-refractivity contribution in [3.63, 3.8) is 0 Å². The Morgan fingerprint density at radius 1 is 1.29 bits per heavy atom. The van der Waals surface area contributed by atoms with Crippen LogP contribution in [0.2, 0.25) is 5.02 Å². The minimum absolute atomic E-state index is 0.166. The second-order valence-electron chi connectivity index (χ2n) is 6.30. The van der Waals surface area contributed by atoms with E-state index in [1.54, 1.807) is 25.3 Å². The Bertz CT molecular complexity index is 880. The van der Waals surface area contributed by atoms with Gasteiger partial charge >= 0.3 is 0 Å². The lowest BCUT2D eigenvalue weighted by atomic mass is 10.1. The van der Waals surface area contributed by atoms with Gasteiger partial charge in [0.2, 0.25) is 5.91 Å². The number of carbonyl (C=O) groups excluding carboxylic acids is 1. The predicted octanol–water partition coefficient (Wildman–Crippen LogP) is 4.08. The highest BCUT2D eigenvalue weighted by Gasteiger charge is 2.19. The number of carbonyl (C=O) groups is 1. The van der Waals surface area contributed by atoms with Crippen LogP contribution in [-0.2, 0) is 11.3 Å². The van der Waals surface area contributed by atoms with Gasteiger partial charge in [0.15, 0.2) is 11.5 Å². The minimum Gasteiger partial charge on any atom is -0.493 e. The number of anilines is 1. The van der Waals surface area contributed by atoms with Crippen molar-refractivity contribution in [2.45, 2.75) is 26.4 Å². The van der Waals surface area contributed by atoms with Gasteiger partial charge in [-0.2, -0.15) is 5.26 Å². The number of nitrogens with one attached hydrogen (secondary N) is 1. The zero-order valence-corrected chi connectivity index (χ0v) is 17.2. The molecule has 2 aromatic carbocycles. The van der Waals surface area contributed by atoms with E-state index in [4.69, 9.17) is 26.3 Å². The molecule has 148 valence electrons. The summed E-state index contributed by atoms with van der Waals surface area (Å²) in [7, 11) is 3.48. The van der Waals surface area contributed by atoms with E-state index in [0.717, 1.165) is 5.56 Å². The van der Waals surface area contributed by atoms with Gasteiger partial charge in [-0.25, -0.2) is 0 Å². The summed E-state index contributed by atoms with van der Waals surface area (Å²) >= 11 is 6.02. The van der Waals surface area contributed by atoms with E-state index in [1.807, 2.05) is 50.1 Å². The smallest absolute Gasteiger partial charge is 0.241 e. The van der Waals surface area contributed by atoms with E-state index in [9.17, 15) is 4.79 Å². The molecule has 0 fully saturated rings. The van der Waals surface area contributed by atoms with E-state index in [0.29, 0.717) is 40.9 Å². The number of likely N-dealkylation sites (N-methyl/N-ethyl adjacent to an activating group) is 1. The highest BCUT2D eigenvalue weighted by Crippen LogP contribution is 2.28. The maximum atomic E-state index is 12.6. The van der Waals surface area contributed by atoms with Crippen molar-refractivity contribution in [3.8, 4) is 17.6 Å². The maximum absolute atomic E-state index is 12.6. The average molecular weight is 402 g/mol. The van der Waals surface area contributed by atoms with Crippen molar-refractivity contribution in [1.29, 1.82) is 5.26 Å². The number of nitrogens with zero attached hydrogens (tertiary/aromatic N) is 2. The second kappa shape index (κ2) is 9.98. The summed E-state index contributed by atoms with van der Waals surface area (Å²) in [4.78, 5) is 14.5. The Morgan fingerprint density at radius 2 is 2.04 bits per heavy atom. The standard InChI is InChI=1S/C21H24ClN3O3/c1-5-28-19-9-6-15(10-20(19)27-4)13-25(3)14(2)21(26)24-17-8-7-16(12-23)18(22)11-17/h6-11,14H,5,13H2,1-4H3,(H,24,26)/t14-/m1/s1. The summed E-state index contributed by atoms with van der Waals surface area (Å²) in [6.45, 7) is 4.87. The van der Waals surface area contributed by atoms with Crippen molar-refractivity contribution in [2.24, 2.45) is 0 Å². The predicted molar refractivity (Wildman–Crippen MR) is 110 cm³/mol. The number of benzene rings is 2. The van der Waals surface area contributed by atoms with Crippen LogP contribution in [0.25, 0.3) is 0 Å². The van der Waals surface area contributed by atoms with E-state index in [-0.39, 0.29) is 11.9 Å². The Labute approximate surface area is 170 Å². The summed E-state index contributed by atoms with van der Waals surface area (Å²) in [5.41, 5.74) is 1.93. The van der Waals surface area contributed by atoms with Crippen LogP contribution in [0.4, 0.5) is 5.69 Å². The van der Waals surface area contributed by atoms with Gasteiger partial charge in [0.25, 0.3) is 0 Å². The number of hydrogen-bond donors (Lipinski definition) is 1. The number of hydrogen-bond acceptors (Lipinski definition) is 5. The summed E-state index contributed by atoms with van der Waals surface area (Å²) in [6, 6.07) is 12.2. The van der Waals surface area contributed by atoms with Crippen molar-refractivity contribution in [3.05, 3.63) is 52.5 Å². The molecule has 0 heterocycles. The van der Waals surface area contributed by atoms with Gasteiger partial charge in [0.05, 0.1) is 30.3 Å². The first-order chi connectivity index (χ1) is 13.4. The van der Waals surface area contributed by atoms with E-state index in [2.05, 4.69) is 5.32 Å². The van der Waals surface area contributed by atoms with Crippen molar-refractivity contribution in [1.82, 2.24) is 4.90 Å². The van der Waals surface area contributed by atoms with E-state index >= 15 is 0 Å². The first-order valence-electron chi connectivity index (χ1n) is 8.90. The summed E-state index contributed by atoms with van der Waals surface area (Å²) in [5, 5.41) is 12.1. The third kappa shape index (κ3) is 5.38. The quantitative estimate of drug-likeness (QED) is 0.721. The fraction of sp³-hybridized carbons (Fsp3) is 0.333. The maximum Gasteiger partial charge on any atom is 0.241 e. The van der Waals surface area contributed by atoms with Crippen molar-refractivity contribution >= 4 is 23.2 Å². The van der Waals surface area contributed by atoms with Gasteiger partial charge < -0.3 is 14.8 Å². The molecule has 0 aliphatic heterocycles. The fourth-order valence-corrected chi connectivity index (χ4v) is 2.86. The van der Waals surface area contributed by atoms with Crippen LogP contribution in [0.15, 0.2) is 36.4 Å². The van der Waals surface area contributed by atoms with Crippen LogP contribution >= 0.6 is 11.6 Å². The highest BCUT2D eigenvalue weighted by molar-refractivity contribution is 6.32. The number of methoxy groups -OCH3 is 1. The molecular formula is C21H24ClN3O3. The van der Waals surface area contributed by atoms with Crippen molar-refractivity contribution < 1.29 is 14.3 Å². The van der Waals surface area contributed by atoms with Crippen LogP contribution < -0.4 is 14.8 Å². The molecule has 6 nitrogen and oxygen atoms in total. The fourth-order valence-electron chi connectivity index (χ4n) is 2.64. The van der Waals surface area contributed by atoms with Gasteiger partial charge in [0, 0.05) is 12.2 Å². The minimum atomic E-state index is -0.382. The lowest BCUT2D eigenvalue weighted by molar-refractivity contribution is -0.120. The SMILES string of the molecule is CCOc1ccc(CN(C)[C@H](C)C(=O)Nc2ccc(C#N)c(Cl)c2)cc1OC. The van der Waals surface area contributed by atoms with Crippen LogP contribution in [0, 0.1) is 11.3 Å². The second-order valence-corrected chi connectivity index (χ2v) is 6.71. The Morgan fingerprint density at radius 3 is 2.64 bits per heavy atom. The van der Waals surface area contributed by atoms with Gasteiger partial charge in [-0.15, -0.1) is 0 Å². The van der Waals surface area contributed by atoms with Gasteiger partial charge in [-0.3, -0.25) is 9.69 Å². The molecule has 0 radical (unpaired) electrons. The third-order valence-electron chi connectivity index (χ3n) is 4.36. The van der Waals surface area contributed by atoms with Gasteiger partial charge in [0.1, 0.15) is 6.07 Å². The number of rotatable bonds is 8. The molecule has 0 spiro atoms. The lowest BCUT2D eigenvalue weighted by Crippen LogP contribution is -2.39. The molecule has 7 heteroatoms. The van der Waals surface area contributed by atoms with Gasteiger partial charge in [-0.05, 0) is 56.8 Å². The van der Waals surface area contributed by atoms with Crippen LogP contribution in [0.5, 0.6) is 11.5 Å². The zero-order valence-electron chi connectivity index (χ0n) is 16.5. The molecule has 0 aromatic heterocycles. The molecule has 2 rings (SSSR count). The van der Waals surface area contributed by atoms with E-state index < -0.39 is 0 Å². The Balaban J connectivity index is 2.03. The summed E-state index contributed by atoms with van der Waals surface area (Å²) in [5.74, 6) is 1.19. The Hall–Kier alpha value is -2.75. The zero-order chi connectivity index (χ0) is 20.7. The first kappa shape index (κ1) is 21.5. The van der Waals surface area contributed by atoms with Crippen LogP contribution in [0.1, 0.15) is 25.0 Å². The number of amides is 1. The molecule has 0 aliphatic rings. The molecule has 1 atom stereocenters. The molecule has 0 unspecified atom stereocenters. The molecule has 1 N–H and O–H groups in total. The van der Waals surface area contributed by atoms with Crippen molar-refractivity contribution in [2.75, 3.05) is 26.1 Å². The molecule has 28 heavy (non-hydrogen) atoms. The highest BCUT2D eigenvalue weighted by atomic mass is 35.5. The van der Waals surface area contributed by atoms with Crippen LogP contribution in [-0.4, -0.2) is 37.6 Å². The largest absolute Gasteiger partial charge is 0.493 e. The monoisotopic (exact) mass is 401 g/mol. The normalized spacial score (nSPS) is 11.6.